The van der Waals surface area contributed by atoms with E-state index >= 15 is 0 Å². The number of esters is 1. The smallest absolute Gasteiger partial charge is 0.338 e. The van der Waals surface area contributed by atoms with Gasteiger partial charge in [-0.2, -0.15) is 0 Å². The molecule has 0 amide bonds. The van der Waals surface area contributed by atoms with Crippen molar-refractivity contribution in [3.8, 4) is 0 Å². The van der Waals surface area contributed by atoms with E-state index in [1.165, 1.54) is 11.1 Å². The highest BCUT2D eigenvalue weighted by Crippen LogP contribution is 2.32. The number of carbonyl (C=O) groups excluding carboxylic acids is 1. The summed E-state index contributed by atoms with van der Waals surface area (Å²) < 4.78 is 6.05. The number of piperidine rings is 1. The van der Waals surface area contributed by atoms with Crippen molar-refractivity contribution in [3.05, 3.63) is 34.9 Å². The van der Waals surface area contributed by atoms with E-state index < -0.39 is 5.60 Å². The average molecular weight is 361 g/mol. The van der Waals surface area contributed by atoms with Crippen LogP contribution in [0, 0.1) is 5.92 Å². The highest BCUT2D eigenvalue weighted by atomic mass is 16.6. The Labute approximate surface area is 159 Å². The van der Waals surface area contributed by atoms with Crippen molar-refractivity contribution < 1.29 is 14.8 Å². The van der Waals surface area contributed by atoms with Crippen LogP contribution in [0.25, 0.3) is 0 Å². The van der Waals surface area contributed by atoms with Gasteiger partial charge in [-0.3, -0.25) is 0 Å². The SMILES string of the molecule is CC(C)(C)c1cc(C(=O)OC(C)(C)C2CC[NH2+]CC2)cc(C(C)(C)C)c1. The highest BCUT2D eigenvalue weighted by molar-refractivity contribution is 5.90. The maximum atomic E-state index is 13.0. The van der Waals surface area contributed by atoms with Crippen LogP contribution in [-0.2, 0) is 15.6 Å². The van der Waals surface area contributed by atoms with Crippen molar-refractivity contribution in [2.75, 3.05) is 13.1 Å². The summed E-state index contributed by atoms with van der Waals surface area (Å²) in [6, 6.07) is 6.27. The van der Waals surface area contributed by atoms with E-state index in [4.69, 9.17) is 4.74 Å². The van der Waals surface area contributed by atoms with Gasteiger partial charge < -0.3 is 10.1 Å². The van der Waals surface area contributed by atoms with Crippen molar-refractivity contribution in [1.29, 1.82) is 0 Å². The third-order valence-electron chi connectivity index (χ3n) is 5.68. The fraction of sp³-hybridized carbons (Fsp3) is 0.696. The van der Waals surface area contributed by atoms with Crippen LogP contribution in [0.4, 0.5) is 0 Å². The van der Waals surface area contributed by atoms with Gasteiger partial charge in [0.25, 0.3) is 0 Å². The van der Waals surface area contributed by atoms with Crippen molar-refractivity contribution >= 4 is 5.97 Å². The normalized spacial score (nSPS) is 17.2. The number of quaternary nitrogens is 1. The van der Waals surface area contributed by atoms with Gasteiger partial charge in [0, 0.05) is 18.8 Å². The number of carbonyl (C=O) groups is 1. The Kier molecular flexibility index (Phi) is 5.92. The minimum absolute atomic E-state index is 0.00892. The average Bonchev–Trinajstić information content (AvgIpc) is 2.53. The molecule has 0 unspecified atom stereocenters. The molecule has 0 aromatic heterocycles. The number of hydrogen-bond donors (Lipinski definition) is 1. The summed E-state index contributed by atoms with van der Waals surface area (Å²) in [6.45, 7) is 19.5. The van der Waals surface area contributed by atoms with Gasteiger partial charge in [0.1, 0.15) is 5.60 Å². The molecule has 0 spiro atoms. The summed E-state index contributed by atoms with van der Waals surface area (Å²) in [6.07, 6.45) is 2.21. The molecule has 0 saturated carbocycles. The third-order valence-corrected chi connectivity index (χ3v) is 5.68. The monoisotopic (exact) mass is 360 g/mol. The summed E-state index contributed by atoms with van der Waals surface area (Å²) in [7, 11) is 0. The highest BCUT2D eigenvalue weighted by Gasteiger charge is 2.36. The molecule has 1 aliphatic rings. The molecular weight excluding hydrogens is 322 g/mol. The van der Waals surface area contributed by atoms with Crippen LogP contribution in [0.2, 0.25) is 0 Å². The van der Waals surface area contributed by atoms with Gasteiger partial charge in [-0.25, -0.2) is 4.79 Å². The predicted octanol–water partition coefficient (Wildman–Crippen LogP) is 4.19. The zero-order valence-electron chi connectivity index (χ0n) is 18.0. The Hall–Kier alpha value is -1.35. The molecule has 0 bridgehead atoms. The first kappa shape index (κ1) is 21.0. The Morgan fingerprint density at radius 3 is 1.77 bits per heavy atom. The molecule has 1 fully saturated rings. The fourth-order valence-corrected chi connectivity index (χ4v) is 3.61. The van der Waals surface area contributed by atoms with Gasteiger partial charge in [0.15, 0.2) is 0 Å². The third kappa shape index (κ3) is 5.09. The second-order valence-electron chi connectivity index (χ2n) is 10.4. The largest absolute Gasteiger partial charge is 0.456 e. The van der Waals surface area contributed by atoms with Gasteiger partial charge in [0.05, 0.1) is 18.7 Å². The summed E-state index contributed by atoms with van der Waals surface area (Å²) in [5.74, 6) is 0.241. The minimum Gasteiger partial charge on any atom is -0.456 e. The number of nitrogens with two attached hydrogens (primary N) is 1. The Bertz CT molecular complexity index is 609. The van der Waals surface area contributed by atoms with Crippen LogP contribution < -0.4 is 5.32 Å². The van der Waals surface area contributed by atoms with Crippen LogP contribution in [0.15, 0.2) is 18.2 Å². The number of hydrogen-bond acceptors (Lipinski definition) is 2. The first-order valence-corrected chi connectivity index (χ1v) is 10.0. The standard InChI is InChI=1S/C23H37NO2/c1-21(2,3)18-13-16(14-19(15-18)22(4,5)6)20(25)26-23(7,8)17-9-11-24-12-10-17/h13-15,17,24H,9-12H2,1-8H3/p+1. The molecule has 146 valence electrons. The molecule has 3 heteroatoms. The molecular formula is C23H38NO2+. The minimum atomic E-state index is -0.426. The Morgan fingerprint density at radius 1 is 0.885 bits per heavy atom. The van der Waals surface area contributed by atoms with E-state index in [2.05, 4.69) is 66.8 Å². The maximum Gasteiger partial charge on any atom is 0.338 e. The van der Waals surface area contributed by atoms with Crippen LogP contribution in [0.5, 0.6) is 0 Å². The van der Waals surface area contributed by atoms with Crippen molar-refractivity contribution in [3.63, 3.8) is 0 Å². The van der Waals surface area contributed by atoms with Crippen LogP contribution >= 0.6 is 0 Å². The molecule has 26 heavy (non-hydrogen) atoms. The lowest BCUT2D eigenvalue weighted by Gasteiger charge is -2.35. The summed E-state index contributed by atoms with van der Waals surface area (Å²) in [5, 5.41) is 2.34. The van der Waals surface area contributed by atoms with Crippen molar-refractivity contribution in [1.82, 2.24) is 0 Å². The van der Waals surface area contributed by atoms with Crippen molar-refractivity contribution in [2.24, 2.45) is 5.92 Å². The van der Waals surface area contributed by atoms with Gasteiger partial charge in [0.2, 0.25) is 0 Å². The molecule has 2 rings (SSSR count). The summed E-state index contributed by atoms with van der Waals surface area (Å²) >= 11 is 0. The second kappa shape index (κ2) is 7.34. The van der Waals surface area contributed by atoms with E-state index in [1.807, 2.05) is 12.1 Å². The molecule has 1 aliphatic heterocycles. The van der Waals surface area contributed by atoms with Gasteiger partial charge in [-0.1, -0.05) is 47.6 Å². The molecule has 3 nitrogen and oxygen atoms in total. The maximum absolute atomic E-state index is 13.0. The number of benzene rings is 1. The van der Waals surface area contributed by atoms with E-state index in [0.717, 1.165) is 25.9 Å². The lowest BCUT2D eigenvalue weighted by atomic mass is 9.79. The van der Waals surface area contributed by atoms with Crippen molar-refractivity contribution in [2.45, 2.75) is 84.7 Å². The molecule has 1 aromatic carbocycles. The van der Waals surface area contributed by atoms with E-state index in [1.54, 1.807) is 0 Å². The molecule has 1 saturated heterocycles. The lowest BCUT2D eigenvalue weighted by Crippen LogP contribution is -2.86. The van der Waals surface area contributed by atoms with E-state index in [0.29, 0.717) is 11.5 Å². The second-order valence-corrected chi connectivity index (χ2v) is 10.4. The lowest BCUT2D eigenvalue weighted by molar-refractivity contribution is -0.665. The summed E-state index contributed by atoms with van der Waals surface area (Å²) in [5.41, 5.74) is 2.60. The van der Waals surface area contributed by atoms with Crippen LogP contribution in [0.3, 0.4) is 0 Å². The number of ether oxygens (including phenoxy) is 1. The first-order valence-electron chi connectivity index (χ1n) is 10.0. The molecule has 1 heterocycles. The van der Waals surface area contributed by atoms with Crippen LogP contribution in [0.1, 0.15) is 89.7 Å². The van der Waals surface area contributed by atoms with E-state index in [9.17, 15) is 4.79 Å². The zero-order chi connectivity index (χ0) is 19.8. The zero-order valence-corrected chi connectivity index (χ0v) is 18.0. The molecule has 2 N–H and O–H groups in total. The molecule has 1 aromatic rings. The Morgan fingerprint density at radius 2 is 1.35 bits per heavy atom. The van der Waals surface area contributed by atoms with Crippen LogP contribution in [-0.4, -0.2) is 24.7 Å². The first-order chi connectivity index (χ1) is 11.8. The molecule has 0 atom stereocenters. The molecule has 0 aliphatic carbocycles. The van der Waals surface area contributed by atoms with Gasteiger partial charge >= 0.3 is 5.97 Å². The Balaban J connectivity index is 2.32. The number of rotatable bonds is 3. The molecule has 0 radical (unpaired) electrons. The van der Waals surface area contributed by atoms with E-state index in [-0.39, 0.29) is 16.8 Å². The van der Waals surface area contributed by atoms with Gasteiger partial charge in [-0.15, -0.1) is 0 Å². The van der Waals surface area contributed by atoms with Gasteiger partial charge in [-0.05, 0) is 47.9 Å². The summed E-state index contributed by atoms with van der Waals surface area (Å²) in [4.78, 5) is 13.0. The predicted molar refractivity (Wildman–Crippen MR) is 108 cm³/mol. The quantitative estimate of drug-likeness (QED) is 0.821. The topological polar surface area (TPSA) is 42.9 Å². The fourth-order valence-electron chi connectivity index (χ4n) is 3.61.